The SMILES string of the molecule is C[C@@H]1CC[C@@H](C(N)=O)CN1Cc1csc(C2CCCC2)n1. The van der Waals surface area contributed by atoms with Crippen LogP contribution < -0.4 is 5.73 Å². The number of carbonyl (C=O) groups excluding carboxylic acids is 1. The normalized spacial score (nSPS) is 28.0. The number of hydrogen-bond donors (Lipinski definition) is 1. The lowest BCUT2D eigenvalue weighted by molar-refractivity contribution is -0.124. The summed E-state index contributed by atoms with van der Waals surface area (Å²) in [5.74, 6) is 0.548. The molecule has 0 aromatic carbocycles. The lowest BCUT2D eigenvalue weighted by Gasteiger charge is -2.36. The van der Waals surface area contributed by atoms with Gasteiger partial charge < -0.3 is 5.73 Å². The molecule has 2 aliphatic rings. The number of aromatic nitrogens is 1. The monoisotopic (exact) mass is 307 g/mol. The Hall–Kier alpha value is -0.940. The molecule has 1 aromatic heterocycles. The van der Waals surface area contributed by atoms with E-state index >= 15 is 0 Å². The predicted octanol–water partition coefficient (Wildman–Crippen LogP) is 2.89. The minimum atomic E-state index is -0.156. The van der Waals surface area contributed by atoms with E-state index in [9.17, 15) is 4.79 Å². The van der Waals surface area contributed by atoms with Gasteiger partial charge in [0, 0.05) is 30.4 Å². The van der Waals surface area contributed by atoms with Crippen LogP contribution in [-0.2, 0) is 11.3 Å². The van der Waals surface area contributed by atoms with E-state index < -0.39 is 0 Å². The Bertz CT molecular complexity index is 495. The van der Waals surface area contributed by atoms with Gasteiger partial charge in [-0.25, -0.2) is 4.98 Å². The van der Waals surface area contributed by atoms with Crippen molar-refractivity contribution in [3.05, 3.63) is 16.1 Å². The molecule has 2 atom stereocenters. The molecule has 2 N–H and O–H groups in total. The largest absolute Gasteiger partial charge is 0.369 e. The second-order valence-corrected chi connectivity index (χ2v) is 7.50. The highest BCUT2D eigenvalue weighted by molar-refractivity contribution is 7.09. The summed E-state index contributed by atoms with van der Waals surface area (Å²) in [5.41, 5.74) is 6.64. The van der Waals surface area contributed by atoms with Gasteiger partial charge in [-0.2, -0.15) is 0 Å². The number of nitrogens with two attached hydrogens (primary N) is 1. The molecule has 5 heteroatoms. The molecule has 0 unspecified atom stereocenters. The van der Waals surface area contributed by atoms with Crippen LogP contribution in [0.4, 0.5) is 0 Å². The van der Waals surface area contributed by atoms with E-state index in [0.29, 0.717) is 12.0 Å². The topological polar surface area (TPSA) is 59.2 Å². The van der Waals surface area contributed by atoms with E-state index in [2.05, 4.69) is 17.2 Å². The number of rotatable bonds is 4. The molecule has 3 rings (SSSR count). The van der Waals surface area contributed by atoms with E-state index in [1.165, 1.54) is 36.4 Å². The van der Waals surface area contributed by atoms with Crippen molar-refractivity contribution < 1.29 is 4.79 Å². The molecule has 1 aliphatic carbocycles. The molecule has 0 bridgehead atoms. The highest BCUT2D eigenvalue weighted by Crippen LogP contribution is 2.36. The third-order valence-electron chi connectivity index (χ3n) is 5.05. The first-order valence-electron chi connectivity index (χ1n) is 8.11. The van der Waals surface area contributed by atoms with Crippen LogP contribution in [0.2, 0.25) is 0 Å². The van der Waals surface area contributed by atoms with Crippen LogP contribution in [0.5, 0.6) is 0 Å². The van der Waals surface area contributed by atoms with Gasteiger partial charge in [-0.15, -0.1) is 11.3 Å². The number of amides is 1. The van der Waals surface area contributed by atoms with Crippen molar-refractivity contribution >= 4 is 17.2 Å². The summed E-state index contributed by atoms with van der Waals surface area (Å²) < 4.78 is 0. The molecule has 4 nitrogen and oxygen atoms in total. The van der Waals surface area contributed by atoms with E-state index in [1.807, 2.05) is 11.3 Å². The van der Waals surface area contributed by atoms with Crippen LogP contribution in [0.1, 0.15) is 62.1 Å². The first-order valence-corrected chi connectivity index (χ1v) is 8.99. The smallest absolute Gasteiger partial charge is 0.221 e. The molecule has 2 heterocycles. The van der Waals surface area contributed by atoms with Gasteiger partial charge in [0.1, 0.15) is 0 Å². The van der Waals surface area contributed by atoms with E-state index in [1.54, 1.807) is 0 Å². The molecule has 1 aromatic rings. The number of primary amides is 1. The summed E-state index contributed by atoms with van der Waals surface area (Å²) in [7, 11) is 0. The Morgan fingerprint density at radius 2 is 2.14 bits per heavy atom. The highest BCUT2D eigenvalue weighted by atomic mass is 32.1. The van der Waals surface area contributed by atoms with E-state index in [4.69, 9.17) is 10.7 Å². The van der Waals surface area contributed by atoms with Gasteiger partial charge in [0.2, 0.25) is 5.91 Å². The van der Waals surface area contributed by atoms with Gasteiger partial charge in [0.05, 0.1) is 16.6 Å². The van der Waals surface area contributed by atoms with Gasteiger partial charge in [-0.1, -0.05) is 12.8 Å². The third kappa shape index (κ3) is 3.46. The van der Waals surface area contributed by atoms with Crippen molar-refractivity contribution in [2.24, 2.45) is 11.7 Å². The van der Waals surface area contributed by atoms with Crippen LogP contribution in [0.25, 0.3) is 0 Å². The summed E-state index contributed by atoms with van der Waals surface area (Å²) in [6.45, 7) is 3.88. The summed E-state index contributed by atoms with van der Waals surface area (Å²) in [6, 6.07) is 0.511. The standard InChI is InChI=1S/C16H25N3OS/c1-11-6-7-13(15(17)20)8-19(11)9-14-10-21-16(18-14)12-4-2-3-5-12/h10-13H,2-9H2,1H3,(H2,17,20)/t11-,13-/m1/s1. The molecule has 21 heavy (non-hydrogen) atoms. The van der Waals surface area contributed by atoms with Crippen LogP contribution in [-0.4, -0.2) is 28.4 Å². The van der Waals surface area contributed by atoms with Gasteiger partial charge in [0.25, 0.3) is 0 Å². The number of hydrogen-bond acceptors (Lipinski definition) is 4. The van der Waals surface area contributed by atoms with Crippen molar-refractivity contribution in [1.82, 2.24) is 9.88 Å². The molecule has 1 aliphatic heterocycles. The van der Waals surface area contributed by atoms with Gasteiger partial charge >= 0.3 is 0 Å². The molecule has 1 saturated carbocycles. The maximum atomic E-state index is 11.4. The summed E-state index contributed by atoms with van der Waals surface area (Å²) in [4.78, 5) is 18.6. The lowest BCUT2D eigenvalue weighted by Crippen LogP contribution is -2.45. The molecular formula is C16H25N3OS. The predicted molar refractivity (Wildman–Crippen MR) is 85.1 cm³/mol. The number of nitrogens with zero attached hydrogens (tertiary/aromatic N) is 2. The number of carbonyl (C=O) groups is 1. The lowest BCUT2D eigenvalue weighted by atomic mass is 9.93. The zero-order valence-corrected chi connectivity index (χ0v) is 13.6. The Morgan fingerprint density at radius 1 is 1.38 bits per heavy atom. The fourth-order valence-corrected chi connectivity index (χ4v) is 4.58. The van der Waals surface area contributed by atoms with Crippen LogP contribution >= 0.6 is 11.3 Å². The second-order valence-electron chi connectivity index (χ2n) is 6.61. The molecule has 0 radical (unpaired) electrons. The third-order valence-corrected chi connectivity index (χ3v) is 6.11. The zero-order valence-electron chi connectivity index (χ0n) is 12.8. The van der Waals surface area contributed by atoms with E-state index in [-0.39, 0.29) is 11.8 Å². The molecule has 1 amide bonds. The number of piperidine rings is 1. The molecule has 0 spiro atoms. The van der Waals surface area contributed by atoms with Crippen molar-refractivity contribution in [2.75, 3.05) is 6.54 Å². The summed E-state index contributed by atoms with van der Waals surface area (Å²) in [6.07, 6.45) is 7.28. The fraction of sp³-hybridized carbons (Fsp3) is 0.750. The average molecular weight is 307 g/mol. The Morgan fingerprint density at radius 3 is 2.86 bits per heavy atom. The minimum Gasteiger partial charge on any atom is -0.369 e. The Labute approximate surface area is 130 Å². The second kappa shape index (κ2) is 6.44. The summed E-state index contributed by atoms with van der Waals surface area (Å²) in [5, 5.41) is 3.52. The average Bonchev–Trinajstić information content (AvgIpc) is 3.11. The van der Waals surface area contributed by atoms with Crippen molar-refractivity contribution in [1.29, 1.82) is 0 Å². The molecular weight excluding hydrogens is 282 g/mol. The van der Waals surface area contributed by atoms with Crippen LogP contribution in [0.3, 0.4) is 0 Å². The zero-order chi connectivity index (χ0) is 14.8. The Balaban J connectivity index is 1.63. The number of likely N-dealkylation sites (tertiary alicyclic amines) is 1. The van der Waals surface area contributed by atoms with Gasteiger partial charge in [-0.3, -0.25) is 9.69 Å². The highest BCUT2D eigenvalue weighted by Gasteiger charge is 2.29. The summed E-state index contributed by atoms with van der Waals surface area (Å²) >= 11 is 1.81. The quantitative estimate of drug-likeness (QED) is 0.930. The first-order chi connectivity index (χ1) is 10.1. The Kier molecular flexibility index (Phi) is 4.60. The maximum Gasteiger partial charge on any atom is 0.221 e. The van der Waals surface area contributed by atoms with Crippen molar-refractivity contribution in [3.8, 4) is 0 Å². The molecule has 2 fully saturated rings. The van der Waals surface area contributed by atoms with E-state index in [0.717, 1.165) is 25.9 Å². The van der Waals surface area contributed by atoms with Crippen LogP contribution in [0, 0.1) is 5.92 Å². The van der Waals surface area contributed by atoms with Crippen molar-refractivity contribution in [3.63, 3.8) is 0 Å². The first kappa shape index (κ1) is 15.0. The molecule has 1 saturated heterocycles. The van der Waals surface area contributed by atoms with Gasteiger partial charge in [0.15, 0.2) is 0 Å². The van der Waals surface area contributed by atoms with Crippen molar-refractivity contribution in [2.45, 2.75) is 64.0 Å². The maximum absolute atomic E-state index is 11.4. The van der Waals surface area contributed by atoms with Crippen LogP contribution in [0.15, 0.2) is 5.38 Å². The fourth-order valence-electron chi connectivity index (χ4n) is 3.60. The molecule has 116 valence electrons. The number of thiazole rings is 1. The van der Waals surface area contributed by atoms with Gasteiger partial charge in [-0.05, 0) is 32.6 Å². The minimum absolute atomic E-state index is 0.00846.